The lowest BCUT2D eigenvalue weighted by atomic mass is 9.91. The normalized spacial score (nSPS) is 18.6. The number of carboxylic acids is 1. The number of halogens is 4. The summed E-state index contributed by atoms with van der Waals surface area (Å²) in [6.45, 7) is 0.275. The Bertz CT molecular complexity index is 1280. The standard InChI is InChI=1S/C27H22F4O4/c28-23-4-2-1-3-15(23)11-21-19-8-10-24(20(19)7-9-22(21)27(29,30)31)35-17-5-6-18-16(12-26(32)33)14-34-25(18)13-17/h1-7,9,13,16,24H,8,10-12,14H2,(H,32,33)/t16?,24-/m1/s1. The molecule has 0 fully saturated rings. The van der Waals surface area contributed by atoms with Gasteiger partial charge in [-0.2, -0.15) is 13.2 Å². The molecule has 0 spiro atoms. The summed E-state index contributed by atoms with van der Waals surface area (Å²) >= 11 is 0. The van der Waals surface area contributed by atoms with E-state index < -0.39 is 29.6 Å². The van der Waals surface area contributed by atoms with Crippen LogP contribution in [0.25, 0.3) is 0 Å². The van der Waals surface area contributed by atoms with Crippen molar-refractivity contribution in [3.8, 4) is 11.5 Å². The molecule has 35 heavy (non-hydrogen) atoms. The lowest BCUT2D eigenvalue weighted by Crippen LogP contribution is -2.13. The van der Waals surface area contributed by atoms with Crippen LogP contribution >= 0.6 is 0 Å². The van der Waals surface area contributed by atoms with E-state index in [9.17, 15) is 22.4 Å². The Balaban J connectivity index is 1.44. The average Bonchev–Trinajstić information content (AvgIpc) is 3.38. The molecule has 2 atom stereocenters. The molecule has 1 heterocycles. The van der Waals surface area contributed by atoms with Gasteiger partial charge in [0, 0.05) is 24.0 Å². The van der Waals surface area contributed by atoms with Crippen molar-refractivity contribution in [1.82, 2.24) is 0 Å². The number of alkyl halides is 3. The van der Waals surface area contributed by atoms with Crippen LogP contribution in [0.15, 0.2) is 54.6 Å². The molecule has 1 unspecified atom stereocenters. The van der Waals surface area contributed by atoms with E-state index in [0.717, 1.165) is 11.6 Å². The number of hydrogen-bond acceptors (Lipinski definition) is 3. The zero-order valence-electron chi connectivity index (χ0n) is 18.6. The van der Waals surface area contributed by atoms with E-state index in [2.05, 4.69) is 0 Å². The van der Waals surface area contributed by atoms with E-state index in [0.29, 0.717) is 35.5 Å². The minimum Gasteiger partial charge on any atom is -0.492 e. The molecule has 3 aromatic rings. The summed E-state index contributed by atoms with van der Waals surface area (Å²) in [4.78, 5) is 11.1. The van der Waals surface area contributed by atoms with Crippen molar-refractivity contribution in [3.05, 3.63) is 93.8 Å². The Hall–Kier alpha value is -3.55. The van der Waals surface area contributed by atoms with Crippen LogP contribution in [0.3, 0.4) is 0 Å². The molecule has 0 aromatic heterocycles. The number of hydrogen-bond donors (Lipinski definition) is 1. The van der Waals surface area contributed by atoms with Crippen LogP contribution in [0.1, 0.15) is 58.2 Å². The van der Waals surface area contributed by atoms with Crippen molar-refractivity contribution in [3.63, 3.8) is 0 Å². The summed E-state index contributed by atoms with van der Waals surface area (Å²) in [7, 11) is 0. The van der Waals surface area contributed by atoms with Crippen LogP contribution in [-0.4, -0.2) is 17.7 Å². The highest BCUT2D eigenvalue weighted by atomic mass is 19.4. The van der Waals surface area contributed by atoms with Gasteiger partial charge in [0.25, 0.3) is 0 Å². The molecule has 182 valence electrons. The first kappa shape index (κ1) is 23.2. The quantitative estimate of drug-likeness (QED) is 0.407. The third-order valence-corrected chi connectivity index (χ3v) is 6.67. The van der Waals surface area contributed by atoms with Crippen molar-refractivity contribution in [2.75, 3.05) is 6.61 Å². The third-order valence-electron chi connectivity index (χ3n) is 6.67. The molecule has 0 radical (unpaired) electrons. The Labute approximate surface area is 199 Å². The average molecular weight is 486 g/mol. The van der Waals surface area contributed by atoms with Crippen molar-refractivity contribution in [2.24, 2.45) is 0 Å². The molecular weight excluding hydrogens is 464 g/mol. The smallest absolute Gasteiger partial charge is 0.416 e. The van der Waals surface area contributed by atoms with Gasteiger partial charge in [0.05, 0.1) is 18.6 Å². The largest absolute Gasteiger partial charge is 0.492 e. The second kappa shape index (κ2) is 8.91. The van der Waals surface area contributed by atoms with Crippen molar-refractivity contribution in [2.45, 2.75) is 43.9 Å². The predicted molar refractivity (Wildman–Crippen MR) is 119 cm³/mol. The maximum atomic E-state index is 14.3. The highest BCUT2D eigenvalue weighted by molar-refractivity contribution is 5.68. The first-order valence-electron chi connectivity index (χ1n) is 11.3. The number of benzene rings is 3. The van der Waals surface area contributed by atoms with Gasteiger partial charge in [-0.05, 0) is 53.3 Å². The number of fused-ring (bicyclic) bond motifs is 2. The van der Waals surface area contributed by atoms with Gasteiger partial charge in [0.15, 0.2) is 0 Å². The van der Waals surface area contributed by atoms with Gasteiger partial charge < -0.3 is 14.6 Å². The molecule has 3 aromatic carbocycles. The third kappa shape index (κ3) is 4.57. The molecule has 4 nitrogen and oxygen atoms in total. The molecule has 8 heteroatoms. The molecule has 5 rings (SSSR count). The number of ether oxygens (including phenoxy) is 2. The Morgan fingerprint density at radius 2 is 1.86 bits per heavy atom. The van der Waals surface area contributed by atoms with Crippen LogP contribution in [0.5, 0.6) is 11.5 Å². The van der Waals surface area contributed by atoms with Crippen LogP contribution < -0.4 is 9.47 Å². The van der Waals surface area contributed by atoms with E-state index in [1.54, 1.807) is 24.3 Å². The summed E-state index contributed by atoms with van der Waals surface area (Å²) in [6.07, 6.45) is -4.33. The number of rotatable bonds is 6. The lowest BCUT2D eigenvalue weighted by Gasteiger charge is -2.20. The SMILES string of the molecule is O=C(O)CC1COc2cc(O[C@@H]3CCc4c3ccc(C(F)(F)F)c4Cc3ccccc3F)ccc21. The van der Waals surface area contributed by atoms with E-state index in [1.807, 2.05) is 0 Å². The summed E-state index contributed by atoms with van der Waals surface area (Å²) in [5.74, 6) is -0.625. The zero-order chi connectivity index (χ0) is 24.7. The molecule has 0 saturated heterocycles. The van der Waals surface area contributed by atoms with Crippen LogP contribution in [0.2, 0.25) is 0 Å². The number of carboxylic acid groups (broad SMARTS) is 1. The van der Waals surface area contributed by atoms with Gasteiger partial charge in [0.2, 0.25) is 0 Å². The highest BCUT2D eigenvalue weighted by Crippen LogP contribution is 2.44. The summed E-state index contributed by atoms with van der Waals surface area (Å²) in [5, 5.41) is 9.07. The van der Waals surface area contributed by atoms with E-state index in [1.165, 1.54) is 24.3 Å². The monoisotopic (exact) mass is 486 g/mol. The van der Waals surface area contributed by atoms with Crippen LogP contribution in [0.4, 0.5) is 17.6 Å². The van der Waals surface area contributed by atoms with Gasteiger partial charge in [-0.15, -0.1) is 0 Å². The summed E-state index contributed by atoms with van der Waals surface area (Å²) in [6, 6.07) is 13.6. The summed E-state index contributed by atoms with van der Waals surface area (Å²) in [5.41, 5.74) is 1.55. The molecule has 0 saturated carbocycles. The summed E-state index contributed by atoms with van der Waals surface area (Å²) < 4.78 is 67.5. The lowest BCUT2D eigenvalue weighted by molar-refractivity contribution is -0.138. The van der Waals surface area contributed by atoms with Gasteiger partial charge in [0.1, 0.15) is 23.4 Å². The molecular formula is C27H22F4O4. The molecule has 2 aliphatic rings. The molecule has 1 aliphatic heterocycles. The van der Waals surface area contributed by atoms with E-state index >= 15 is 0 Å². The molecule has 1 N–H and O–H groups in total. The maximum absolute atomic E-state index is 14.3. The second-order valence-corrected chi connectivity index (χ2v) is 8.88. The Morgan fingerprint density at radius 1 is 1.09 bits per heavy atom. The van der Waals surface area contributed by atoms with E-state index in [-0.39, 0.29) is 36.5 Å². The van der Waals surface area contributed by atoms with Crippen molar-refractivity contribution >= 4 is 5.97 Å². The Kier molecular flexibility index (Phi) is 5.91. The molecule has 0 bridgehead atoms. The number of aliphatic carboxylic acids is 1. The fourth-order valence-corrected chi connectivity index (χ4v) is 5.04. The minimum absolute atomic E-state index is 0.0322. The highest BCUT2D eigenvalue weighted by Gasteiger charge is 2.38. The topological polar surface area (TPSA) is 55.8 Å². The molecule has 1 aliphatic carbocycles. The second-order valence-electron chi connectivity index (χ2n) is 8.88. The van der Waals surface area contributed by atoms with Gasteiger partial charge in [-0.3, -0.25) is 4.79 Å². The first-order chi connectivity index (χ1) is 16.7. The first-order valence-corrected chi connectivity index (χ1v) is 11.3. The Morgan fingerprint density at radius 3 is 2.60 bits per heavy atom. The van der Waals surface area contributed by atoms with Crippen LogP contribution in [0, 0.1) is 5.82 Å². The number of carbonyl (C=O) groups is 1. The van der Waals surface area contributed by atoms with Crippen LogP contribution in [-0.2, 0) is 23.8 Å². The van der Waals surface area contributed by atoms with Gasteiger partial charge in [-0.1, -0.05) is 30.3 Å². The van der Waals surface area contributed by atoms with Gasteiger partial charge >= 0.3 is 12.1 Å². The van der Waals surface area contributed by atoms with Crippen molar-refractivity contribution in [1.29, 1.82) is 0 Å². The maximum Gasteiger partial charge on any atom is 0.416 e. The van der Waals surface area contributed by atoms with Gasteiger partial charge in [-0.25, -0.2) is 4.39 Å². The van der Waals surface area contributed by atoms with E-state index in [4.69, 9.17) is 14.6 Å². The fourth-order valence-electron chi connectivity index (χ4n) is 5.04. The van der Waals surface area contributed by atoms with Crippen molar-refractivity contribution < 1.29 is 36.9 Å². The molecule has 0 amide bonds. The minimum atomic E-state index is -4.56. The predicted octanol–water partition coefficient (Wildman–Crippen LogP) is 6.45. The fraction of sp³-hybridized carbons (Fsp3) is 0.296. The zero-order valence-corrected chi connectivity index (χ0v) is 18.6.